The van der Waals surface area contributed by atoms with Gasteiger partial charge in [-0.05, 0) is 36.9 Å². The number of aromatic nitrogens is 1. The van der Waals surface area contributed by atoms with Gasteiger partial charge in [0.25, 0.3) is 0 Å². The highest BCUT2D eigenvalue weighted by Gasteiger charge is 2.07. The molecular formula is C16H17FN2O2. The van der Waals surface area contributed by atoms with Gasteiger partial charge in [0.2, 0.25) is 0 Å². The highest BCUT2D eigenvalue weighted by molar-refractivity contribution is 5.88. The molecule has 0 radical (unpaired) electrons. The summed E-state index contributed by atoms with van der Waals surface area (Å²) in [5, 5.41) is 0. The van der Waals surface area contributed by atoms with E-state index in [9.17, 15) is 9.18 Å². The predicted molar refractivity (Wildman–Crippen MR) is 77.1 cm³/mol. The fourth-order valence-electron chi connectivity index (χ4n) is 2.04. The molecule has 0 aliphatic rings. The Hall–Kier alpha value is -2.27. The first-order valence-electron chi connectivity index (χ1n) is 6.54. The van der Waals surface area contributed by atoms with E-state index in [-0.39, 0.29) is 5.82 Å². The smallest absolute Gasteiger partial charge is 0.339 e. The third kappa shape index (κ3) is 4.36. The van der Waals surface area contributed by atoms with Gasteiger partial charge < -0.3 is 4.74 Å². The lowest BCUT2D eigenvalue weighted by Crippen LogP contribution is -2.18. The molecule has 1 heterocycles. The number of methoxy groups -OCH3 is 1. The third-order valence-electron chi connectivity index (χ3n) is 3.02. The minimum atomic E-state index is -0.401. The number of esters is 1. The van der Waals surface area contributed by atoms with Crippen molar-refractivity contribution in [3.63, 3.8) is 0 Å². The topological polar surface area (TPSA) is 42.4 Å². The molecule has 110 valence electrons. The zero-order valence-electron chi connectivity index (χ0n) is 12.0. The van der Waals surface area contributed by atoms with Crippen LogP contribution >= 0.6 is 0 Å². The average Bonchev–Trinajstić information content (AvgIpc) is 2.47. The normalized spacial score (nSPS) is 10.7. The number of nitrogens with zero attached hydrogens (tertiary/aromatic N) is 2. The molecule has 4 nitrogen and oxygen atoms in total. The van der Waals surface area contributed by atoms with Crippen LogP contribution in [0.3, 0.4) is 0 Å². The van der Waals surface area contributed by atoms with Crippen LogP contribution in [0.2, 0.25) is 0 Å². The monoisotopic (exact) mass is 288 g/mol. The van der Waals surface area contributed by atoms with E-state index in [1.807, 2.05) is 18.0 Å². The summed E-state index contributed by atoms with van der Waals surface area (Å²) in [5.41, 5.74) is 2.17. The second-order valence-electron chi connectivity index (χ2n) is 4.83. The lowest BCUT2D eigenvalue weighted by molar-refractivity contribution is 0.0600. The van der Waals surface area contributed by atoms with Gasteiger partial charge in [-0.1, -0.05) is 12.1 Å². The van der Waals surface area contributed by atoms with Crippen molar-refractivity contribution >= 4 is 5.97 Å². The van der Waals surface area contributed by atoms with Crippen molar-refractivity contribution in [3.05, 3.63) is 65.2 Å². The number of rotatable bonds is 5. The van der Waals surface area contributed by atoms with Gasteiger partial charge in [0.15, 0.2) is 0 Å². The molecule has 0 atom stereocenters. The molecule has 0 saturated heterocycles. The summed E-state index contributed by atoms with van der Waals surface area (Å²) in [4.78, 5) is 17.6. The first-order valence-corrected chi connectivity index (χ1v) is 6.54. The van der Waals surface area contributed by atoms with Crippen molar-refractivity contribution < 1.29 is 13.9 Å². The van der Waals surface area contributed by atoms with Crippen molar-refractivity contribution in [3.8, 4) is 0 Å². The van der Waals surface area contributed by atoms with Crippen molar-refractivity contribution in [1.82, 2.24) is 9.88 Å². The van der Waals surface area contributed by atoms with E-state index < -0.39 is 5.97 Å². The van der Waals surface area contributed by atoms with Crippen LogP contribution in [0.5, 0.6) is 0 Å². The molecule has 0 N–H and O–H groups in total. The molecule has 0 bridgehead atoms. The maximum absolute atomic E-state index is 13.1. The zero-order chi connectivity index (χ0) is 15.2. The lowest BCUT2D eigenvalue weighted by Gasteiger charge is -2.16. The van der Waals surface area contributed by atoms with Crippen molar-refractivity contribution in [2.45, 2.75) is 13.1 Å². The largest absolute Gasteiger partial charge is 0.465 e. The van der Waals surface area contributed by atoms with Crippen LogP contribution in [0.25, 0.3) is 0 Å². The summed E-state index contributed by atoms with van der Waals surface area (Å²) in [5.74, 6) is -0.636. The molecule has 0 amide bonds. The van der Waals surface area contributed by atoms with Crippen LogP contribution in [-0.4, -0.2) is 30.0 Å². The van der Waals surface area contributed by atoms with Crippen molar-refractivity contribution in [1.29, 1.82) is 0 Å². The van der Waals surface area contributed by atoms with Crippen molar-refractivity contribution in [2.75, 3.05) is 14.2 Å². The van der Waals surface area contributed by atoms with Crippen LogP contribution in [0.1, 0.15) is 21.6 Å². The standard InChI is InChI=1S/C16H17FN2O2/c1-19(10-12-4-3-5-14(17)8-12)11-15-7-6-13(9-18-15)16(20)21-2/h3-9H,10-11H2,1-2H3. The lowest BCUT2D eigenvalue weighted by atomic mass is 10.2. The number of halogens is 1. The van der Waals surface area contributed by atoms with Gasteiger partial charge in [-0.2, -0.15) is 0 Å². The molecule has 21 heavy (non-hydrogen) atoms. The molecule has 2 aromatic rings. The fraction of sp³-hybridized carbons (Fsp3) is 0.250. The van der Waals surface area contributed by atoms with Gasteiger partial charge in [-0.3, -0.25) is 9.88 Å². The van der Waals surface area contributed by atoms with Gasteiger partial charge in [-0.15, -0.1) is 0 Å². The maximum Gasteiger partial charge on any atom is 0.339 e. The Labute approximate surface area is 123 Å². The van der Waals surface area contributed by atoms with E-state index in [0.29, 0.717) is 18.7 Å². The molecule has 1 aromatic carbocycles. The number of pyridine rings is 1. The van der Waals surface area contributed by atoms with Crippen LogP contribution in [0, 0.1) is 5.82 Å². The summed E-state index contributed by atoms with van der Waals surface area (Å²) < 4.78 is 17.7. The third-order valence-corrected chi connectivity index (χ3v) is 3.02. The quantitative estimate of drug-likeness (QED) is 0.793. The average molecular weight is 288 g/mol. The van der Waals surface area contributed by atoms with Gasteiger partial charge in [0.05, 0.1) is 18.4 Å². The van der Waals surface area contributed by atoms with Gasteiger partial charge in [0, 0.05) is 19.3 Å². The molecule has 0 aliphatic heterocycles. The molecule has 0 unspecified atom stereocenters. The highest BCUT2D eigenvalue weighted by atomic mass is 19.1. The van der Waals surface area contributed by atoms with E-state index in [2.05, 4.69) is 9.72 Å². The number of carbonyl (C=O) groups is 1. The van der Waals surface area contributed by atoms with E-state index in [0.717, 1.165) is 11.3 Å². The number of hydrogen-bond acceptors (Lipinski definition) is 4. The number of hydrogen-bond donors (Lipinski definition) is 0. The SMILES string of the molecule is COC(=O)c1ccc(CN(C)Cc2cccc(F)c2)nc1. The summed E-state index contributed by atoms with van der Waals surface area (Å²) >= 11 is 0. The zero-order valence-corrected chi connectivity index (χ0v) is 12.0. The summed E-state index contributed by atoms with van der Waals surface area (Å²) in [6.07, 6.45) is 1.50. The van der Waals surface area contributed by atoms with E-state index in [1.165, 1.54) is 25.4 Å². The van der Waals surface area contributed by atoms with Crippen molar-refractivity contribution in [2.24, 2.45) is 0 Å². The Kier molecular flexibility index (Phi) is 5.00. The molecule has 1 aromatic heterocycles. The Morgan fingerprint density at radius 1 is 1.29 bits per heavy atom. The molecule has 0 spiro atoms. The molecule has 5 heteroatoms. The van der Waals surface area contributed by atoms with Gasteiger partial charge >= 0.3 is 5.97 Å². The molecule has 2 rings (SSSR count). The first-order chi connectivity index (χ1) is 10.1. The summed E-state index contributed by atoms with van der Waals surface area (Å²) in [6, 6.07) is 9.99. The fourth-order valence-corrected chi connectivity index (χ4v) is 2.04. The van der Waals surface area contributed by atoms with Crippen LogP contribution in [0.4, 0.5) is 4.39 Å². The second-order valence-corrected chi connectivity index (χ2v) is 4.83. The van der Waals surface area contributed by atoms with Crippen LogP contribution in [0.15, 0.2) is 42.6 Å². The second kappa shape index (κ2) is 6.95. The first kappa shape index (κ1) is 15.1. The van der Waals surface area contributed by atoms with E-state index in [1.54, 1.807) is 18.2 Å². The van der Waals surface area contributed by atoms with Gasteiger partial charge in [-0.25, -0.2) is 9.18 Å². The van der Waals surface area contributed by atoms with E-state index in [4.69, 9.17) is 0 Å². The molecule has 0 fully saturated rings. The number of carbonyl (C=O) groups excluding carboxylic acids is 1. The summed E-state index contributed by atoms with van der Waals surface area (Å²) in [6.45, 7) is 1.23. The predicted octanol–water partition coefficient (Wildman–Crippen LogP) is 2.64. The Bertz CT molecular complexity index is 614. The highest BCUT2D eigenvalue weighted by Crippen LogP contribution is 2.09. The number of benzene rings is 1. The molecule has 0 saturated carbocycles. The minimum Gasteiger partial charge on any atom is -0.465 e. The Morgan fingerprint density at radius 3 is 2.71 bits per heavy atom. The summed E-state index contributed by atoms with van der Waals surface area (Å²) in [7, 11) is 3.27. The van der Waals surface area contributed by atoms with Crippen LogP contribution < -0.4 is 0 Å². The minimum absolute atomic E-state index is 0.235. The Balaban J connectivity index is 1.96. The van der Waals surface area contributed by atoms with Gasteiger partial charge in [0.1, 0.15) is 5.82 Å². The van der Waals surface area contributed by atoms with E-state index >= 15 is 0 Å². The molecular weight excluding hydrogens is 271 g/mol. The number of ether oxygens (including phenoxy) is 1. The van der Waals surface area contributed by atoms with Crippen LogP contribution in [-0.2, 0) is 17.8 Å². The molecule has 0 aliphatic carbocycles. The maximum atomic E-state index is 13.1. The Morgan fingerprint density at radius 2 is 2.10 bits per heavy atom.